The van der Waals surface area contributed by atoms with Crippen molar-refractivity contribution in [2.45, 2.75) is 52.0 Å². The minimum absolute atomic E-state index is 0.131. The summed E-state index contributed by atoms with van der Waals surface area (Å²) in [5, 5.41) is 12.3. The lowest BCUT2D eigenvalue weighted by atomic mass is 9.77. The number of hydrogen-bond donors (Lipinski definition) is 2. The van der Waals surface area contributed by atoms with Gasteiger partial charge in [-0.1, -0.05) is 20.3 Å². The highest BCUT2D eigenvalue weighted by Gasteiger charge is 2.26. The molecule has 0 aliphatic heterocycles. The quantitative estimate of drug-likeness (QED) is 0.642. The van der Waals surface area contributed by atoms with Crippen molar-refractivity contribution in [3.63, 3.8) is 0 Å². The van der Waals surface area contributed by atoms with Crippen LogP contribution < -0.4 is 5.32 Å². The summed E-state index contributed by atoms with van der Waals surface area (Å²) in [6, 6.07) is 0.717. The van der Waals surface area contributed by atoms with Crippen LogP contribution in [0.4, 0.5) is 0 Å². The minimum Gasteiger partial charge on any atom is -0.394 e. The molecule has 1 saturated carbocycles. The van der Waals surface area contributed by atoms with Gasteiger partial charge in [0.05, 0.1) is 13.2 Å². The summed E-state index contributed by atoms with van der Waals surface area (Å²) in [6.45, 7) is 7.09. The van der Waals surface area contributed by atoms with E-state index in [0.29, 0.717) is 12.6 Å². The lowest BCUT2D eigenvalue weighted by molar-refractivity contribution is 0.0892. The van der Waals surface area contributed by atoms with Gasteiger partial charge < -0.3 is 15.2 Å². The fraction of sp³-hybridized carbons (Fsp3) is 1.00. The molecule has 1 aliphatic rings. The van der Waals surface area contributed by atoms with E-state index in [2.05, 4.69) is 19.2 Å². The average molecular weight is 243 g/mol. The Labute approximate surface area is 106 Å². The molecule has 0 bridgehead atoms. The van der Waals surface area contributed by atoms with Crippen LogP contribution in [0.5, 0.6) is 0 Å². The predicted molar refractivity (Wildman–Crippen MR) is 71.1 cm³/mol. The first-order valence-electron chi connectivity index (χ1n) is 7.19. The number of hydrogen-bond acceptors (Lipinski definition) is 3. The van der Waals surface area contributed by atoms with Crippen LogP contribution in [0.15, 0.2) is 0 Å². The SMILES string of the molecule is CCC1CC(C)CCC1NCCCOCCO. The maximum atomic E-state index is 8.58. The van der Waals surface area contributed by atoms with E-state index in [9.17, 15) is 0 Å². The molecule has 0 aromatic heterocycles. The fourth-order valence-corrected chi connectivity index (χ4v) is 2.85. The van der Waals surface area contributed by atoms with Crippen LogP contribution in [0.1, 0.15) is 46.0 Å². The standard InChI is InChI=1S/C14H29NO2/c1-3-13-11-12(2)5-6-14(13)15-7-4-9-17-10-8-16/h12-16H,3-11H2,1-2H3. The third kappa shape index (κ3) is 5.84. The highest BCUT2D eigenvalue weighted by atomic mass is 16.5. The zero-order valence-corrected chi connectivity index (χ0v) is 11.5. The van der Waals surface area contributed by atoms with Gasteiger partial charge in [0.1, 0.15) is 0 Å². The number of aliphatic hydroxyl groups excluding tert-OH is 1. The molecule has 17 heavy (non-hydrogen) atoms. The molecule has 0 aromatic carbocycles. The molecule has 3 nitrogen and oxygen atoms in total. The summed E-state index contributed by atoms with van der Waals surface area (Å²) in [4.78, 5) is 0. The number of ether oxygens (including phenoxy) is 1. The zero-order valence-electron chi connectivity index (χ0n) is 11.5. The van der Waals surface area contributed by atoms with Gasteiger partial charge in [0.15, 0.2) is 0 Å². The van der Waals surface area contributed by atoms with Crippen molar-refractivity contribution in [2.75, 3.05) is 26.4 Å². The fourth-order valence-electron chi connectivity index (χ4n) is 2.85. The summed E-state index contributed by atoms with van der Waals surface area (Å²) < 4.78 is 5.25. The van der Waals surface area contributed by atoms with Crippen molar-refractivity contribution in [3.05, 3.63) is 0 Å². The third-order valence-electron chi connectivity index (χ3n) is 3.88. The van der Waals surface area contributed by atoms with Gasteiger partial charge in [-0.15, -0.1) is 0 Å². The molecule has 3 heteroatoms. The molecule has 2 N–H and O–H groups in total. The maximum Gasteiger partial charge on any atom is 0.0697 e. The van der Waals surface area contributed by atoms with E-state index in [1.165, 1.54) is 25.7 Å². The smallest absolute Gasteiger partial charge is 0.0697 e. The first-order chi connectivity index (χ1) is 8.27. The van der Waals surface area contributed by atoms with Gasteiger partial charge in [-0.05, 0) is 44.1 Å². The van der Waals surface area contributed by atoms with Crippen molar-refractivity contribution >= 4 is 0 Å². The van der Waals surface area contributed by atoms with Gasteiger partial charge in [-0.25, -0.2) is 0 Å². The zero-order chi connectivity index (χ0) is 12.5. The van der Waals surface area contributed by atoms with Crippen LogP contribution in [0.2, 0.25) is 0 Å². The van der Waals surface area contributed by atoms with E-state index in [-0.39, 0.29) is 6.61 Å². The number of aliphatic hydroxyl groups is 1. The topological polar surface area (TPSA) is 41.5 Å². The highest BCUT2D eigenvalue weighted by molar-refractivity contribution is 4.82. The van der Waals surface area contributed by atoms with Gasteiger partial charge in [0.25, 0.3) is 0 Å². The van der Waals surface area contributed by atoms with Gasteiger partial charge in [-0.2, -0.15) is 0 Å². The predicted octanol–water partition coefficient (Wildman–Crippen LogP) is 2.19. The van der Waals surface area contributed by atoms with Crippen molar-refractivity contribution in [3.8, 4) is 0 Å². The molecule has 3 unspecified atom stereocenters. The maximum absolute atomic E-state index is 8.58. The van der Waals surface area contributed by atoms with E-state index in [0.717, 1.165) is 31.4 Å². The van der Waals surface area contributed by atoms with Crippen LogP contribution in [-0.2, 0) is 4.74 Å². The van der Waals surface area contributed by atoms with Crippen molar-refractivity contribution < 1.29 is 9.84 Å². The van der Waals surface area contributed by atoms with Gasteiger partial charge in [-0.3, -0.25) is 0 Å². The van der Waals surface area contributed by atoms with E-state index in [1.54, 1.807) is 0 Å². The molecule has 0 aromatic rings. The van der Waals surface area contributed by atoms with Crippen LogP contribution in [0.25, 0.3) is 0 Å². The van der Waals surface area contributed by atoms with Crippen molar-refractivity contribution in [1.29, 1.82) is 0 Å². The summed E-state index contributed by atoms with van der Waals surface area (Å²) in [7, 11) is 0. The molecule has 1 fully saturated rings. The average Bonchev–Trinajstić information content (AvgIpc) is 2.35. The molecule has 102 valence electrons. The van der Waals surface area contributed by atoms with Crippen molar-refractivity contribution in [2.24, 2.45) is 11.8 Å². The van der Waals surface area contributed by atoms with E-state index in [4.69, 9.17) is 9.84 Å². The molecule has 0 saturated heterocycles. The summed E-state index contributed by atoms with van der Waals surface area (Å²) in [5.74, 6) is 1.77. The van der Waals surface area contributed by atoms with Crippen LogP contribution >= 0.6 is 0 Å². The van der Waals surface area contributed by atoms with Crippen LogP contribution in [-0.4, -0.2) is 37.5 Å². The molecule has 0 heterocycles. The molecule has 0 amide bonds. The molecule has 1 rings (SSSR count). The Hall–Kier alpha value is -0.120. The Morgan fingerprint density at radius 1 is 1.29 bits per heavy atom. The van der Waals surface area contributed by atoms with Gasteiger partial charge in [0.2, 0.25) is 0 Å². The highest BCUT2D eigenvalue weighted by Crippen LogP contribution is 2.30. The van der Waals surface area contributed by atoms with E-state index < -0.39 is 0 Å². The Morgan fingerprint density at radius 2 is 2.12 bits per heavy atom. The Kier molecular flexibility index (Phi) is 7.82. The minimum atomic E-state index is 0.131. The first-order valence-corrected chi connectivity index (χ1v) is 7.19. The lowest BCUT2D eigenvalue weighted by Gasteiger charge is -2.35. The normalized spacial score (nSPS) is 29.5. The molecule has 1 aliphatic carbocycles. The largest absolute Gasteiger partial charge is 0.394 e. The molecular formula is C14H29NO2. The second kappa shape index (κ2) is 8.90. The second-order valence-electron chi connectivity index (χ2n) is 5.34. The van der Waals surface area contributed by atoms with Gasteiger partial charge >= 0.3 is 0 Å². The third-order valence-corrected chi connectivity index (χ3v) is 3.88. The van der Waals surface area contributed by atoms with Gasteiger partial charge in [0, 0.05) is 12.6 Å². The Morgan fingerprint density at radius 3 is 2.82 bits per heavy atom. The number of rotatable bonds is 8. The second-order valence-corrected chi connectivity index (χ2v) is 5.34. The Balaban J connectivity index is 2.08. The summed E-state index contributed by atoms with van der Waals surface area (Å²) in [6.07, 6.45) is 6.42. The van der Waals surface area contributed by atoms with E-state index >= 15 is 0 Å². The van der Waals surface area contributed by atoms with Crippen LogP contribution in [0, 0.1) is 11.8 Å². The molecule has 0 spiro atoms. The van der Waals surface area contributed by atoms with Crippen molar-refractivity contribution in [1.82, 2.24) is 5.32 Å². The summed E-state index contributed by atoms with van der Waals surface area (Å²) >= 11 is 0. The van der Waals surface area contributed by atoms with Crippen LogP contribution in [0.3, 0.4) is 0 Å². The molecular weight excluding hydrogens is 214 g/mol. The summed E-state index contributed by atoms with van der Waals surface area (Å²) in [5.41, 5.74) is 0. The first kappa shape index (κ1) is 14.9. The number of nitrogens with one attached hydrogen (secondary N) is 1. The molecule has 0 radical (unpaired) electrons. The monoisotopic (exact) mass is 243 g/mol. The van der Waals surface area contributed by atoms with E-state index in [1.807, 2.05) is 0 Å². The Bertz CT molecular complexity index is 187. The molecule has 3 atom stereocenters. The lowest BCUT2D eigenvalue weighted by Crippen LogP contribution is -2.40.